The van der Waals surface area contributed by atoms with Crippen molar-refractivity contribution in [1.82, 2.24) is 0 Å². The van der Waals surface area contributed by atoms with Crippen molar-refractivity contribution in [3.05, 3.63) is 33.3 Å². The fraction of sp³-hybridized carbons (Fsp3) is 0.250. The molecule has 1 rings (SSSR count). The van der Waals surface area contributed by atoms with Crippen LogP contribution in [0.15, 0.2) is 6.07 Å². The van der Waals surface area contributed by atoms with Crippen molar-refractivity contribution in [3.63, 3.8) is 0 Å². The third kappa shape index (κ3) is 2.39. The SMILES string of the molecule is NC(c1cc(Cl)c(F)c(Cl)c1F)C(F)(F)F. The second-order valence-electron chi connectivity index (χ2n) is 2.91. The minimum absolute atomic E-state index is 0.469. The van der Waals surface area contributed by atoms with Crippen LogP contribution >= 0.6 is 23.2 Å². The summed E-state index contributed by atoms with van der Waals surface area (Å²) in [7, 11) is 0. The van der Waals surface area contributed by atoms with Crippen molar-refractivity contribution in [2.24, 2.45) is 5.73 Å². The van der Waals surface area contributed by atoms with Gasteiger partial charge in [0.25, 0.3) is 0 Å². The second-order valence-corrected chi connectivity index (χ2v) is 3.69. The Kier molecular flexibility index (Phi) is 3.66. The van der Waals surface area contributed by atoms with Crippen LogP contribution in [0.3, 0.4) is 0 Å². The van der Waals surface area contributed by atoms with Crippen molar-refractivity contribution < 1.29 is 22.0 Å². The zero-order valence-electron chi connectivity index (χ0n) is 7.38. The van der Waals surface area contributed by atoms with Crippen LogP contribution in [0.2, 0.25) is 10.0 Å². The summed E-state index contributed by atoms with van der Waals surface area (Å²) in [4.78, 5) is 0. The molecule has 0 saturated carbocycles. The Morgan fingerprint density at radius 1 is 1.12 bits per heavy atom. The zero-order chi connectivity index (χ0) is 12.7. The van der Waals surface area contributed by atoms with E-state index in [0.717, 1.165) is 0 Å². The average molecular weight is 280 g/mol. The van der Waals surface area contributed by atoms with E-state index < -0.39 is 39.5 Å². The van der Waals surface area contributed by atoms with E-state index in [1.807, 2.05) is 0 Å². The zero-order valence-corrected chi connectivity index (χ0v) is 8.89. The maximum atomic E-state index is 13.2. The molecule has 2 N–H and O–H groups in total. The summed E-state index contributed by atoms with van der Waals surface area (Å²) in [6.07, 6.45) is -4.87. The van der Waals surface area contributed by atoms with Gasteiger partial charge in [-0.3, -0.25) is 0 Å². The maximum absolute atomic E-state index is 13.2. The number of hydrogen-bond acceptors (Lipinski definition) is 1. The summed E-state index contributed by atoms with van der Waals surface area (Å²) in [5.41, 5.74) is 3.76. The predicted molar refractivity (Wildman–Crippen MR) is 49.4 cm³/mol. The van der Waals surface area contributed by atoms with Gasteiger partial charge in [0.1, 0.15) is 16.9 Å². The number of halogens is 7. The quantitative estimate of drug-likeness (QED) is 0.472. The molecule has 0 aliphatic rings. The van der Waals surface area contributed by atoms with E-state index in [9.17, 15) is 22.0 Å². The van der Waals surface area contributed by atoms with Gasteiger partial charge >= 0.3 is 6.18 Å². The topological polar surface area (TPSA) is 26.0 Å². The van der Waals surface area contributed by atoms with Gasteiger partial charge in [0.05, 0.1) is 5.02 Å². The molecular formula is C8H4Cl2F5N. The van der Waals surface area contributed by atoms with Crippen LogP contribution in [-0.2, 0) is 0 Å². The van der Waals surface area contributed by atoms with Crippen LogP contribution in [-0.4, -0.2) is 6.18 Å². The van der Waals surface area contributed by atoms with E-state index in [1.54, 1.807) is 0 Å². The summed E-state index contributed by atoms with van der Waals surface area (Å²) in [6, 6.07) is -2.14. The normalized spacial score (nSPS) is 14.0. The Morgan fingerprint density at radius 3 is 2.06 bits per heavy atom. The Bertz CT molecular complexity index is 418. The molecule has 0 aliphatic heterocycles. The molecular weight excluding hydrogens is 276 g/mol. The Hall–Kier alpha value is -0.590. The molecule has 1 aromatic carbocycles. The largest absolute Gasteiger partial charge is 0.407 e. The molecule has 1 aromatic rings. The minimum Gasteiger partial charge on any atom is -0.316 e. The molecule has 16 heavy (non-hydrogen) atoms. The number of alkyl halides is 3. The van der Waals surface area contributed by atoms with Crippen molar-refractivity contribution in [2.75, 3.05) is 0 Å². The van der Waals surface area contributed by atoms with Gasteiger partial charge < -0.3 is 5.73 Å². The highest BCUT2D eigenvalue weighted by atomic mass is 35.5. The van der Waals surface area contributed by atoms with E-state index >= 15 is 0 Å². The number of rotatable bonds is 1. The first-order valence-corrected chi connectivity index (χ1v) is 4.57. The van der Waals surface area contributed by atoms with E-state index in [-0.39, 0.29) is 0 Å². The lowest BCUT2D eigenvalue weighted by atomic mass is 10.1. The first-order valence-electron chi connectivity index (χ1n) is 3.81. The van der Waals surface area contributed by atoms with E-state index in [4.69, 9.17) is 28.9 Å². The molecule has 0 amide bonds. The molecule has 0 heterocycles. The predicted octanol–water partition coefficient (Wildman–Crippen LogP) is 3.83. The molecule has 0 radical (unpaired) electrons. The monoisotopic (exact) mass is 279 g/mol. The van der Waals surface area contributed by atoms with Gasteiger partial charge in [-0.2, -0.15) is 13.2 Å². The molecule has 1 unspecified atom stereocenters. The molecule has 0 saturated heterocycles. The van der Waals surface area contributed by atoms with Crippen LogP contribution in [0.5, 0.6) is 0 Å². The summed E-state index contributed by atoms with van der Waals surface area (Å²) < 4.78 is 62.7. The minimum atomic E-state index is -4.87. The van der Waals surface area contributed by atoms with Crippen molar-refractivity contribution in [3.8, 4) is 0 Å². The van der Waals surface area contributed by atoms with E-state index in [1.165, 1.54) is 0 Å². The lowest BCUT2D eigenvalue weighted by Crippen LogP contribution is -2.29. The standard InChI is InChI=1S/C8H4Cl2F5N/c9-3-1-2(7(16)8(13,14)15)5(11)4(10)6(3)12/h1,7H,16H2. The highest BCUT2D eigenvalue weighted by molar-refractivity contribution is 6.35. The smallest absolute Gasteiger partial charge is 0.316 e. The molecule has 90 valence electrons. The van der Waals surface area contributed by atoms with Crippen LogP contribution in [0, 0.1) is 11.6 Å². The van der Waals surface area contributed by atoms with Gasteiger partial charge in [-0.25, -0.2) is 8.78 Å². The van der Waals surface area contributed by atoms with Crippen molar-refractivity contribution in [1.29, 1.82) is 0 Å². The highest BCUT2D eigenvalue weighted by Gasteiger charge is 2.40. The lowest BCUT2D eigenvalue weighted by molar-refractivity contribution is -0.149. The summed E-state index contributed by atoms with van der Waals surface area (Å²) >= 11 is 10.4. The molecule has 0 bridgehead atoms. The molecule has 1 nitrogen and oxygen atoms in total. The second kappa shape index (κ2) is 4.35. The summed E-state index contributed by atoms with van der Waals surface area (Å²) in [6.45, 7) is 0. The Balaban J connectivity index is 3.36. The summed E-state index contributed by atoms with van der Waals surface area (Å²) in [5, 5.41) is -1.83. The van der Waals surface area contributed by atoms with Crippen LogP contribution in [0.4, 0.5) is 22.0 Å². The number of benzene rings is 1. The molecule has 8 heteroatoms. The van der Waals surface area contributed by atoms with Crippen LogP contribution in [0.25, 0.3) is 0 Å². The first-order chi connectivity index (χ1) is 7.16. The van der Waals surface area contributed by atoms with E-state index in [2.05, 4.69) is 0 Å². The molecule has 0 aliphatic carbocycles. The maximum Gasteiger partial charge on any atom is 0.407 e. The van der Waals surface area contributed by atoms with Gasteiger partial charge in [-0.05, 0) is 6.07 Å². The fourth-order valence-corrected chi connectivity index (χ4v) is 1.47. The highest BCUT2D eigenvalue weighted by Crippen LogP contribution is 2.37. The third-order valence-corrected chi connectivity index (χ3v) is 2.43. The number of hydrogen-bond donors (Lipinski definition) is 1. The molecule has 0 spiro atoms. The van der Waals surface area contributed by atoms with Crippen molar-refractivity contribution >= 4 is 23.2 Å². The van der Waals surface area contributed by atoms with Gasteiger partial charge in [0, 0.05) is 5.56 Å². The lowest BCUT2D eigenvalue weighted by Gasteiger charge is -2.17. The molecule has 0 fully saturated rings. The van der Waals surface area contributed by atoms with Crippen LogP contribution < -0.4 is 5.73 Å². The van der Waals surface area contributed by atoms with Gasteiger partial charge in [-0.1, -0.05) is 23.2 Å². The fourth-order valence-electron chi connectivity index (χ4n) is 0.994. The van der Waals surface area contributed by atoms with Gasteiger partial charge in [-0.15, -0.1) is 0 Å². The van der Waals surface area contributed by atoms with Gasteiger partial charge in [0.15, 0.2) is 5.82 Å². The Morgan fingerprint density at radius 2 is 1.62 bits per heavy atom. The van der Waals surface area contributed by atoms with Gasteiger partial charge in [0.2, 0.25) is 0 Å². The Labute approximate surface area is 96.9 Å². The van der Waals surface area contributed by atoms with Crippen LogP contribution in [0.1, 0.15) is 11.6 Å². The third-order valence-electron chi connectivity index (χ3n) is 1.82. The molecule has 0 aromatic heterocycles. The summed E-state index contributed by atoms with van der Waals surface area (Å²) in [5.74, 6) is -2.88. The first kappa shape index (κ1) is 13.5. The van der Waals surface area contributed by atoms with Crippen molar-refractivity contribution in [2.45, 2.75) is 12.2 Å². The number of nitrogens with two attached hydrogens (primary N) is 1. The average Bonchev–Trinajstić information content (AvgIpc) is 2.18. The molecule has 1 atom stereocenters. The van der Waals surface area contributed by atoms with E-state index in [0.29, 0.717) is 6.07 Å².